The molecule has 0 saturated heterocycles. The Kier molecular flexibility index (Phi) is 12.8. The standard InChI is InChI=1S/2CHF3O3S.Bi.Sb/c2*2-1(3,4)8(5,6)7;;/h2*(H,5,6,7);;/q;;2*+3/p-2. The van der Waals surface area contributed by atoms with Gasteiger partial charge in [0.2, 0.25) is 0 Å². The summed E-state index contributed by atoms with van der Waals surface area (Å²) in [7, 11) is -12.2. The maximum Gasteiger partial charge on any atom is 3.00 e. The number of alkyl halides is 6. The first kappa shape index (κ1) is 27.4. The largest absolute Gasteiger partial charge is 3.00 e. The Morgan fingerprint density at radius 3 is 0.722 bits per heavy atom. The molecule has 0 aliphatic heterocycles. The molecule has 0 saturated carbocycles. The van der Waals surface area contributed by atoms with Gasteiger partial charge in [0, 0.05) is 0 Å². The average molecular weight is 629 g/mol. The summed E-state index contributed by atoms with van der Waals surface area (Å²) in [6.07, 6.45) is 0. The maximum atomic E-state index is 10.7. The van der Waals surface area contributed by atoms with Crippen molar-refractivity contribution in [2.24, 2.45) is 0 Å². The maximum absolute atomic E-state index is 10.7. The van der Waals surface area contributed by atoms with Crippen LogP contribution in [0, 0.1) is 0 Å². The van der Waals surface area contributed by atoms with Crippen molar-refractivity contribution in [1.82, 2.24) is 0 Å². The molecule has 0 amide bonds. The van der Waals surface area contributed by atoms with Crippen LogP contribution in [-0.4, -0.2) is 87.6 Å². The topological polar surface area (TPSA) is 114 Å². The van der Waals surface area contributed by atoms with Crippen LogP contribution in [-0.2, 0) is 20.2 Å². The summed E-state index contributed by atoms with van der Waals surface area (Å²) in [5.74, 6) is 0. The van der Waals surface area contributed by atoms with Gasteiger partial charge in [0.15, 0.2) is 20.2 Å². The molecular formula is C2BiF6O6S2Sb+4. The number of hydrogen-bond acceptors (Lipinski definition) is 6. The fourth-order valence-corrected chi connectivity index (χ4v) is 0. The van der Waals surface area contributed by atoms with Crippen LogP contribution in [0.3, 0.4) is 0 Å². The Bertz CT molecular complexity index is 380. The minimum Gasteiger partial charge on any atom is -0.741 e. The molecule has 0 heterocycles. The van der Waals surface area contributed by atoms with Crippen LogP contribution in [0.1, 0.15) is 0 Å². The van der Waals surface area contributed by atoms with Crippen LogP contribution in [0.15, 0.2) is 0 Å². The van der Waals surface area contributed by atoms with Gasteiger partial charge < -0.3 is 9.11 Å². The Hall–Kier alpha value is 1.10. The van der Waals surface area contributed by atoms with Gasteiger partial charge in [-0.05, 0) is 0 Å². The van der Waals surface area contributed by atoms with Crippen molar-refractivity contribution in [2.45, 2.75) is 11.0 Å². The predicted octanol–water partition coefficient (Wildman–Crippen LogP) is -0.659. The van der Waals surface area contributed by atoms with Crippen molar-refractivity contribution < 1.29 is 52.3 Å². The molecule has 0 spiro atoms. The zero-order chi connectivity index (χ0) is 14.0. The number of hydrogen-bond donors (Lipinski definition) is 0. The van der Waals surface area contributed by atoms with Gasteiger partial charge in [-0.1, -0.05) is 0 Å². The summed E-state index contributed by atoms with van der Waals surface area (Å²) in [6, 6.07) is 0. The van der Waals surface area contributed by atoms with Gasteiger partial charge in [-0.2, -0.15) is 26.3 Å². The minimum atomic E-state index is -6.09. The molecule has 0 rings (SSSR count). The van der Waals surface area contributed by atoms with Crippen molar-refractivity contribution in [2.75, 3.05) is 0 Å². The normalized spacial score (nSPS) is 12.4. The van der Waals surface area contributed by atoms with Crippen LogP contribution in [0.5, 0.6) is 0 Å². The van der Waals surface area contributed by atoms with E-state index >= 15 is 0 Å². The van der Waals surface area contributed by atoms with E-state index in [1.807, 2.05) is 0 Å². The molecule has 18 heavy (non-hydrogen) atoms. The molecule has 0 unspecified atom stereocenters. The van der Waals surface area contributed by atoms with E-state index in [0.29, 0.717) is 0 Å². The third kappa shape index (κ3) is 12.2. The van der Waals surface area contributed by atoms with E-state index in [1.165, 1.54) is 0 Å². The second kappa shape index (κ2) is 8.40. The van der Waals surface area contributed by atoms with Crippen LogP contribution in [0.25, 0.3) is 0 Å². The molecule has 0 aliphatic rings. The van der Waals surface area contributed by atoms with Gasteiger partial charge in [-0.25, -0.2) is 16.8 Å². The molecule has 0 aliphatic carbocycles. The van der Waals surface area contributed by atoms with Crippen molar-refractivity contribution in [3.8, 4) is 0 Å². The van der Waals surface area contributed by atoms with Gasteiger partial charge in [-0.3, -0.25) is 0 Å². The zero-order valence-electron chi connectivity index (χ0n) is 7.43. The van der Waals surface area contributed by atoms with E-state index in [-0.39, 0.29) is 50.6 Å². The smallest absolute Gasteiger partial charge is 0.741 e. The summed E-state index contributed by atoms with van der Waals surface area (Å²) < 4.78 is 118. The molecule has 16 heteroatoms. The van der Waals surface area contributed by atoms with Crippen molar-refractivity contribution >= 4 is 70.9 Å². The molecule has 0 fully saturated rings. The molecule has 0 aromatic rings. The van der Waals surface area contributed by atoms with Gasteiger partial charge in [0.1, 0.15) is 0 Å². The van der Waals surface area contributed by atoms with Gasteiger partial charge in [-0.15, -0.1) is 0 Å². The molecule has 0 aromatic heterocycles. The Morgan fingerprint density at radius 2 is 0.722 bits per heavy atom. The molecule has 104 valence electrons. The second-order valence-corrected chi connectivity index (χ2v) is 4.54. The Morgan fingerprint density at radius 1 is 0.667 bits per heavy atom. The minimum absolute atomic E-state index is 0. The molecule has 0 aromatic carbocycles. The predicted molar refractivity (Wildman–Crippen MR) is 43.0 cm³/mol. The van der Waals surface area contributed by atoms with Gasteiger partial charge in [0.25, 0.3) is 0 Å². The second-order valence-electron chi connectivity index (χ2n) is 1.80. The van der Waals surface area contributed by atoms with E-state index in [0.717, 1.165) is 0 Å². The van der Waals surface area contributed by atoms with E-state index in [2.05, 4.69) is 0 Å². The quantitative estimate of drug-likeness (QED) is 0.152. The molecule has 6 nitrogen and oxygen atoms in total. The molecule has 0 N–H and O–H groups in total. The number of rotatable bonds is 0. The Labute approximate surface area is 133 Å². The van der Waals surface area contributed by atoms with E-state index in [1.54, 1.807) is 0 Å². The molecule has 0 atom stereocenters. The third-order valence-corrected chi connectivity index (χ3v) is 1.70. The van der Waals surface area contributed by atoms with Crippen molar-refractivity contribution in [1.29, 1.82) is 0 Å². The first-order valence-electron chi connectivity index (χ1n) is 2.54. The van der Waals surface area contributed by atoms with Crippen molar-refractivity contribution in [3.05, 3.63) is 0 Å². The third-order valence-electron chi connectivity index (χ3n) is 0.567. The van der Waals surface area contributed by atoms with E-state index in [4.69, 9.17) is 25.9 Å². The van der Waals surface area contributed by atoms with E-state index < -0.39 is 31.3 Å². The van der Waals surface area contributed by atoms with Crippen LogP contribution in [0.4, 0.5) is 26.3 Å². The average Bonchev–Trinajstić information content (AvgIpc) is 1.77. The summed E-state index contributed by atoms with van der Waals surface area (Å²) in [5, 5.41) is 0. The fourth-order valence-electron chi connectivity index (χ4n) is 0. The molecule has 0 bridgehead atoms. The Balaban J connectivity index is -0.0000000980. The number of halogens is 6. The van der Waals surface area contributed by atoms with Gasteiger partial charge in [0.05, 0.1) is 0 Å². The molecular weight excluding hydrogens is 629 g/mol. The fraction of sp³-hybridized carbons (Fsp3) is 1.00. The first-order chi connectivity index (χ1) is 6.50. The monoisotopic (exact) mass is 628 g/mol. The summed E-state index contributed by atoms with van der Waals surface area (Å²) in [4.78, 5) is 0. The molecule has 4 radical (unpaired) electrons. The van der Waals surface area contributed by atoms with Crippen molar-refractivity contribution in [3.63, 3.8) is 0 Å². The zero-order valence-corrected chi connectivity index (χ0v) is 15.1. The summed E-state index contributed by atoms with van der Waals surface area (Å²) in [6.45, 7) is 0. The SMILES string of the molecule is O=S(=O)([O-])C(F)(F)F.O=S(=O)([O-])C(F)(F)F.[Bi+3].[Sb+3]. The van der Waals surface area contributed by atoms with Crippen LogP contribution < -0.4 is 0 Å². The van der Waals surface area contributed by atoms with Crippen LogP contribution >= 0.6 is 0 Å². The first-order valence-corrected chi connectivity index (χ1v) is 5.36. The van der Waals surface area contributed by atoms with E-state index in [9.17, 15) is 26.3 Å². The van der Waals surface area contributed by atoms with Crippen LogP contribution in [0.2, 0.25) is 0 Å². The van der Waals surface area contributed by atoms with Gasteiger partial charge >= 0.3 is 61.6 Å². The summed E-state index contributed by atoms with van der Waals surface area (Å²) in [5.41, 5.74) is -11.3. The summed E-state index contributed by atoms with van der Waals surface area (Å²) >= 11 is 0.